The smallest absolute Gasteiger partial charge is 0.246 e. The summed E-state index contributed by atoms with van der Waals surface area (Å²) in [7, 11) is 1.65. The predicted molar refractivity (Wildman–Crippen MR) is 140 cm³/mol. The number of methoxy groups -OCH3 is 1. The van der Waals surface area contributed by atoms with Crippen molar-refractivity contribution in [3.8, 4) is 16.9 Å². The van der Waals surface area contributed by atoms with Crippen LogP contribution in [0.2, 0.25) is 0 Å². The maximum Gasteiger partial charge on any atom is 0.246 e. The van der Waals surface area contributed by atoms with Crippen LogP contribution in [0.15, 0.2) is 66.9 Å². The van der Waals surface area contributed by atoms with Crippen LogP contribution in [0.5, 0.6) is 5.75 Å². The normalized spacial score (nSPS) is 11.1. The van der Waals surface area contributed by atoms with E-state index in [0.29, 0.717) is 12.2 Å². The number of benzene rings is 2. The number of carbonyl (C=O) groups excluding carboxylic acids is 1. The van der Waals surface area contributed by atoms with E-state index >= 15 is 0 Å². The Morgan fingerprint density at radius 2 is 1.64 bits per heavy atom. The second-order valence-electron chi connectivity index (χ2n) is 8.77. The first-order valence-corrected chi connectivity index (χ1v) is 11.8. The molecule has 1 amide bonds. The van der Waals surface area contributed by atoms with Crippen LogP contribution < -0.4 is 10.1 Å². The topological polar surface area (TPSA) is 86.9 Å². The summed E-state index contributed by atoms with van der Waals surface area (Å²) in [5.41, 5.74) is 7.11. The molecule has 36 heavy (non-hydrogen) atoms. The SMILES string of the molecule is COc1ccc(-c2ccnc3c2c(C)nn3CC(=O)Nc2c(C)nn(Cc3ccccc3)c2C)cc1. The van der Waals surface area contributed by atoms with Crippen LogP contribution in [0.25, 0.3) is 22.2 Å². The van der Waals surface area contributed by atoms with E-state index in [1.807, 2.05) is 74.0 Å². The molecule has 8 nitrogen and oxygen atoms in total. The molecule has 2 aromatic carbocycles. The minimum atomic E-state index is -0.179. The Kier molecular flexibility index (Phi) is 6.25. The molecular weight excluding hydrogens is 452 g/mol. The van der Waals surface area contributed by atoms with Gasteiger partial charge < -0.3 is 10.1 Å². The van der Waals surface area contributed by atoms with Crippen molar-refractivity contribution in [1.29, 1.82) is 0 Å². The van der Waals surface area contributed by atoms with Crippen molar-refractivity contribution in [2.24, 2.45) is 0 Å². The van der Waals surface area contributed by atoms with Crippen molar-refractivity contribution in [3.05, 3.63) is 89.5 Å². The highest BCUT2D eigenvalue weighted by molar-refractivity contribution is 5.96. The van der Waals surface area contributed by atoms with Crippen LogP contribution >= 0.6 is 0 Å². The maximum absolute atomic E-state index is 13.1. The van der Waals surface area contributed by atoms with Crippen molar-refractivity contribution in [3.63, 3.8) is 0 Å². The van der Waals surface area contributed by atoms with Crippen molar-refractivity contribution in [2.75, 3.05) is 12.4 Å². The van der Waals surface area contributed by atoms with E-state index in [-0.39, 0.29) is 12.5 Å². The molecule has 0 saturated heterocycles. The van der Waals surface area contributed by atoms with Gasteiger partial charge in [-0.3, -0.25) is 9.48 Å². The lowest BCUT2D eigenvalue weighted by atomic mass is 10.0. The number of hydrogen-bond donors (Lipinski definition) is 1. The summed E-state index contributed by atoms with van der Waals surface area (Å²) in [5, 5.41) is 13.3. The fraction of sp³-hybridized carbons (Fsp3) is 0.214. The Labute approximate surface area is 209 Å². The number of amides is 1. The lowest BCUT2D eigenvalue weighted by molar-refractivity contribution is -0.116. The number of fused-ring (bicyclic) bond motifs is 1. The van der Waals surface area contributed by atoms with Gasteiger partial charge >= 0.3 is 0 Å². The summed E-state index contributed by atoms with van der Waals surface area (Å²) in [6.07, 6.45) is 1.75. The van der Waals surface area contributed by atoms with Gasteiger partial charge in [0.2, 0.25) is 5.91 Å². The Bertz CT molecular complexity index is 1530. The molecule has 3 heterocycles. The molecule has 5 rings (SSSR count). The summed E-state index contributed by atoms with van der Waals surface area (Å²) in [5.74, 6) is 0.618. The number of pyridine rings is 1. The Morgan fingerprint density at radius 3 is 2.36 bits per heavy atom. The van der Waals surface area contributed by atoms with Crippen molar-refractivity contribution in [2.45, 2.75) is 33.9 Å². The molecule has 0 aliphatic carbocycles. The van der Waals surface area contributed by atoms with Crippen LogP contribution in [0.4, 0.5) is 5.69 Å². The summed E-state index contributed by atoms with van der Waals surface area (Å²) in [6.45, 7) is 6.50. The van der Waals surface area contributed by atoms with Gasteiger partial charge in [0.15, 0.2) is 5.65 Å². The monoisotopic (exact) mass is 480 g/mol. The van der Waals surface area contributed by atoms with E-state index in [1.54, 1.807) is 18.0 Å². The number of aromatic nitrogens is 5. The number of hydrogen-bond acceptors (Lipinski definition) is 5. The summed E-state index contributed by atoms with van der Waals surface area (Å²) in [4.78, 5) is 17.6. The van der Waals surface area contributed by atoms with Gasteiger partial charge in [0.25, 0.3) is 0 Å². The van der Waals surface area contributed by atoms with E-state index in [0.717, 1.165) is 50.6 Å². The lowest BCUT2D eigenvalue weighted by Gasteiger charge is -2.08. The van der Waals surface area contributed by atoms with Crippen LogP contribution in [-0.2, 0) is 17.9 Å². The zero-order chi connectivity index (χ0) is 25.2. The molecule has 0 spiro atoms. The molecule has 5 aromatic rings. The van der Waals surface area contributed by atoms with Crippen LogP contribution in [0.3, 0.4) is 0 Å². The number of aryl methyl sites for hydroxylation is 2. The fourth-order valence-electron chi connectivity index (χ4n) is 4.51. The molecule has 0 radical (unpaired) electrons. The molecule has 0 unspecified atom stereocenters. The van der Waals surface area contributed by atoms with Crippen LogP contribution in [-0.4, -0.2) is 37.6 Å². The van der Waals surface area contributed by atoms with E-state index in [9.17, 15) is 4.79 Å². The first-order chi connectivity index (χ1) is 17.4. The second kappa shape index (κ2) is 9.65. The Morgan fingerprint density at radius 1 is 0.917 bits per heavy atom. The Balaban J connectivity index is 1.39. The maximum atomic E-state index is 13.1. The number of nitrogens with zero attached hydrogens (tertiary/aromatic N) is 5. The quantitative estimate of drug-likeness (QED) is 0.357. The summed E-state index contributed by atoms with van der Waals surface area (Å²) >= 11 is 0. The average Bonchev–Trinajstić information content (AvgIpc) is 3.35. The van der Waals surface area contributed by atoms with Gasteiger partial charge in [-0.2, -0.15) is 10.2 Å². The van der Waals surface area contributed by atoms with Crippen LogP contribution in [0, 0.1) is 20.8 Å². The third-order valence-corrected chi connectivity index (χ3v) is 6.32. The van der Waals surface area contributed by atoms with Crippen molar-refractivity contribution >= 4 is 22.6 Å². The number of ether oxygens (including phenoxy) is 1. The molecule has 0 aliphatic rings. The van der Waals surface area contributed by atoms with Gasteiger partial charge in [-0.15, -0.1) is 0 Å². The minimum absolute atomic E-state index is 0.0478. The van der Waals surface area contributed by atoms with Gasteiger partial charge in [0, 0.05) is 11.6 Å². The first-order valence-electron chi connectivity index (χ1n) is 11.8. The highest BCUT2D eigenvalue weighted by atomic mass is 16.5. The van der Waals surface area contributed by atoms with Crippen LogP contribution in [0.1, 0.15) is 22.6 Å². The molecule has 0 bridgehead atoms. The van der Waals surface area contributed by atoms with Crippen molar-refractivity contribution in [1.82, 2.24) is 24.5 Å². The van der Waals surface area contributed by atoms with Gasteiger partial charge in [-0.1, -0.05) is 42.5 Å². The third-order valence-electron chi connectivity index (χ3n) is 6.32. The second-order valence-corrected chi connectivity index (χ2v) is 8.77. The lowest BCUT2D eigenvalue weighted by Crippen LogP contribution is -2.20. The molecule has 0 saturated carbocycles. The third kappa shape index (κ3) is 4.45. The van der Waals surface area contributed by atoms with E-state index in [2.05, 4.69) is 32.6 Å². The zero-order valence-corrected chi connectivity index (χ0v) is 20.8. The van der Waals surface area contributed by atoms with Crippen molar-refractivity contribution < 1.29 is 9.53 Å². The van der Waals surface area contributed by atoms with E-state index < -0.39 is 0 Å². The predicted octanol–water partition coefficient (Wildman–Crippen LogP) is 4.92. The molecule has 1 N–H and O–H groups in total. The number of rotatable bonds is 7. The number of carbonyl (C=O) groups is 1. The summed E-state index contributed by atoms with van der Waals surface area (Å²) < 4.78 is 8.85. The van der Waals surface area contributed by atoms with Gasteiger partial charge in [0.1, 0.15) is 12.3 Å². The standard InChI is InChI=1S/C28H28N6O2/c1-18-26-24(22-10-12-23(36-4)13-11-22)14-15-29-28(26)34(31-18)17-25(35)30-27-19(2)32-33(20(27)3)16-21-8-6-5-7-9-21/h5-15H,16-17H2,1-4H3,(H,30,35). The molecule has 3 aromatic heterocycles. The number of anilines is 1. The molecule has 8 heteroatoms. The molecule has 0 aliphatic heterocycles. The zero-order valence-electron chi connectivity index (χ0n) is 20.8. The highest BCUT2D eigenvalue weighted by Gasteiger charge is 2.18. The van der Waals surface area contributed by atoms with Gasteiger partial charge in [-0.05, 0) is 55.7 Å². The molecule has 0 atom stereocenters. The summed E-state index contributed by atoms with van der Waals surface area (Å²) in [6, 6.07) is 20.0. The average molecular weight is 481 g/mol. The Hall–Kier alpha value is -4.46. The van der Waals surface area contributed by atoms with E-state index in [4.69, 9.17) is 4.74 Å². The highest BCUT2D eigenvalue weighted by Crippen LogP contribution is 2.31. The largest absolute Gasteiger partial charge is 0.497 e. The molecular formula is C28H28N6O2. The van der Waals surface area contributed by atoms with Gasteiger partial charge in [-0.25, -0.2) is 9.67 Å². The van der Waals surface area contributed by atoms with Gasteiger partial charge in [0.05, 0.1) is 36.4 Å². The molecule has 182 valence electrons. The fourth-order valence-corrected chi connectivity index (χ4v) is 4.51. The first kappa shape index (κ1) is 23.3. The number of nitrogens with one attached hydrogen (secondary N) is 1. The van der Waals surface area contributed by atoms with E-state index in [1.165, 1.54) is 0 Å². The molecule has 0 fully saturated rings. The minimum Gasteiger partial charge on any atom is -0.497 e.